The number of nitrogens with zero attached hydrogens (tertiary/aromatic N) is 1. The first-order valence-corrected chi connectivity index (χ1v) is 10.3. The number of rotatable bonds is 4. The van der Waals surface area contributed by atoms with Crippen LogP contribution in [0.25, 0.3) is 0 Å². The van der Waals surface area contributed by atoms with Crippen molar-refractivity contribution in [2.75, 3.05) is 13.1 Å². The molecule has 1 aromatic heterocycles. The summed E-state index contributed by atoms with van der Waals surface area (Å²) in [5, 5.41) is 2.96. The van der Waals surface area contributed by atoms with E-state index in [1.54, 1.807) is 23.5 Å². The number of carbonyl (C=O) groups excluding carboxylic acids is 2. The minimum Gasteiger partial charge on any atom is -0.352 e. The molecule has 0 spiro atoms. The first kappa shape index (κ1) is 18.2. The van der Waals surface area contributed by atoms with Crippen LogP contribution in [-0.4, -0.2) is 29.8 Å². The van der Waals surface area contributed by atoms with Crippen LogP contribution in [0.2, 0.25) is 0 Å². The summed E-state index contributed by atoms with van der Waals surface area (Å²) in [6.45, 7) is 2.12. The zero-order chi connectivity index (χ0) is 18.8. The molecular weight excluding hydrogens is 363 g/mol. The van der Waals surface area contributed by atoms with Crippen LogP contribution in [0.15, 0.2) is 30.3 Å². The number of nitrogens with one attached hydrogen (secondary N) is 1. The van der Waals surface area contributed by atoms with Gasteiger partial charge in [-0.15, -0.1) is 11.3 Å². The second-order valence-corrected chi connectivity index (χ2v) is 8.48. The maximum Gasteiger partial charge on any atom is 0.263 e. The SMILES string of the molecule is O=C(NCc1ccc(F)cc1)[C@@H]1CCc2sc(C(=O)N3CCCC3)cc2C1. The molecule has 0 bridgehead atoms. The standard InChI is InChI=1S/C21H23FN2O2S/c22-17-6-3-14(4-7-17)13-23-20(25)15-5-8-18-16(11-15)12-19(27-18)21(26)24-9-1-2-10-24/h3-4,6-7,12,15H,1-2,5,8-11,13H2,(H,23,25)/t15-/m1/s1. The van der Waals surface area contributed by atoms with Gasteiger partial charge < -0.3 is 10.2 Å². The second kappa shape index (κ2) is 7.80. The topological polar surface area (TPSA) is 49.4 Å². The van der Waals surface area contributed by atoms with E-state index >= 15 is 0 Å². The highest BCUT2D eigenvalue weighted by Gasteiger charge is 2.29. The van der Waals surface area contributed by atoms with Crippen LogP contribution in [0.1, 0.15) is 44.9 Å². The first-order chi connectivity index (χ1) is 13.1. The zero-order valence-electron chi connectivity index (χ0n) is 15.2. The van der Waals surface area contributed by atoms with Crippen LogP contribution >= 0.6 is 11.3 Å². The van der Waals surface area contributed by atoms with E-state index in [9.17, 15) is 14.0 Å². The van der Waals surface area contributed by atoms with Gasteiger partial charge in [0.05, 0.1) is 4.88 Å². The number of aryl methyl sites for hydroxylation is 1. The molecule has 2 aliphatic rings. The van der Waals surface area contributed by atoms with E-state index in [-0.39, 0.29) is 23.5 Å². The monoisotopic (exact) mass is 386 g/mol. The molecule has 0 unspecified atom stereocenters. The summed E-state index contributed by atoms with van der Waals surface area (Å²) in [7, 11) is 0. The predicted octanol–water partition coefficient (Wildman–Crippen LogP) is 3.54. The minimum absolute atomic E-state index is 0.0311. The molecule has 1 N–H and O–H groups in total. The molecule has 1 aliphatic carbocycles. The molecule has 0 saturated carbocycles. The van der Waals surface area contributed by atoms with Gasteiger partial charge in [0, 0.05) is 30.4 Å². The van der Waals surface area contributed by atoms with Gasteiger partial charge in [-0.1, -0.05) is 12.1 Å². The van der Waals surface area contributed by atoms with Gasteiger partial charge in [-0.05, 0) is 61.4 Å². The molecule has 6 heteroatoms. The molecule has 4 rings (SSSR count). The smallest absolute Gasteiger partial charge is 0.263 e. The van der Waals surface area contributed by atoms with Crippen molar-refractivity contribution in [1.82, 2.24) is 10.2 Å². The average molecular weight is 386 g/mol. The third-order valence-corrected chi connectivity index (χ3v) is 6.66. The molecular formula is C21H23FN2O2S. The molecule has 2 heterocycles. The van der Waals surface area contributed by atoms with Gasteiger partial charge in [-0.2, -0.15) is 0 Å². The summed E-state index contributed by atoms with van der Waals surface area (Å²) in [5.41, 5.74) is 2.03. The van der Waals surface area contributed by atoms with Gasteiger partial charge in [0.15, 0.2) is 0 Å². The number of fused-ring (bicyclic) bond motifs is 1. The third kappa shape index (κ3) is 4.05. The molecule has 1 fully saturated rings. The fourth-order valence-corrected chi connectivity index (χ4v) is 5.04. The Morgan fingerprint density at radius 1 is 1.19 bits per heavy atom. The normalized spacial score (nSPS) is 19.0. The lowest BCUT2D eigenvalue weighted by molar-refractivity contribution is -0.125. The highest BCUT2D eigenvalue weighted by molar-refractivity contribution is 7.14. The van der Waals surface area contributed by atoms with Gasteiger partial charge in [0.2, 0.25) is 5.91 Å². The van der Waals surface area contributed by atoms with E-state index in [0.717, 1.165) is 54.8 Å². The van der Waals surface area contributed by atoms with Crippen molar-refractivity contribution in [3.05, 3.63) is 57.0 Å². The predicted molar refractivity (Wildman–Crippen MR) is 103 cm³/mol. The number of hydrogen-bond donors (Lipinski definition) is 1. The number of thiophene rings is 1. The van der Waals surface area contributed by atoms with Crippen molar-refractivity contribution in [2.45, 2.75) is 38.6 Å². The van der Waals surface area contributed by atoms with Crippen molar-refractivity contribution in [2.24, 2.45) is 5.92 Å². The minimum atomic E-state index is -0.276. The second-order valence-electron chi connectivity index (χ2n) is 7.34. The van der Waals surface area contributed by atoms with Crippen LogP contribution in [0, 0.1) is 11.7 Å². The number of amides is 2. The number of halogens is 1. The van der Waals surface area contributed by atoms with E-state index in [0.29, 0.717) is 13.0 Å². The summed E-state index contributed by atoms with van der Waals surface area (Å²) in [6, 6.07) is 8.17. The Morgan fingerprint density at radius 2 is 1.93 bits per heavy atom. The Labute approximate surface area is 162 Å². The molecule has 1 aromatic carbocycles. The highest BCUT2D eigenvalue weighted by Crippen LogP contribution is 2.33. The van der Waals surface area contributed by atoms with Gasteiger partial charge in [-0.3, -0.25) is 9.59 Å². The van der Waals surface area contributed by atoms with Crippen LogP contribution < -0.4 is 5.32 Å². The number of likely N-dealkylation sites (tertiary alicyclic amines) is 1. The van der Waals surface area contributed by atoms with Crippen molar-refractivity contribution < 1.29 is 14.0 Å². The maximum atomic E-state index is 13.0. The van der Waals surface area contributed by atoms with Crippen LogP contribution in [0.4, 0.5) is 4.39 Å². The summed E-state index contributed by atoms with van der Waals surface area (Å²) < 4.78 is 13.0. The molecule has 1 aliphatic heterocycles. The molecule has 2 aromatic rings. The van der Waals surface area contributed by atoms with Gasteiger partial charge in [-0.25, -0.2) is 4.39 Å². The molecule has 1 saturated heterocycles. The number of carbonyl (C=O) groups is 2. The van der Waals surface area contributed by atoms with Crippen molar-refractivity contribution in [3.63, 3.8) is 0 Å². The van der Waals surface area contributed by atoms with Crippen molar-refractivity contribution >= 4 is 23.2 Å². The van der Waals surface area contributed by atoms with Crippen LogP contribution in [0.3, 0.4) is 0 Å². The molecule has 4 nitrogen and oxygen atoms in total. The van der Waals surface area contributed by atoms with E-state index in [2.05, 4.69) is 5.32 Å². The quantitative estimate of drug-likeness (QED) is 0.874. The summed E-state index contributed by atoms with van der Waals surface area (Å²) in [5.74, 6) is -0.170. The lowest BCUT2D eigenvalue weighted by Gasteiger charge is -2.21. The van der Waals surface area contributed by atoms with Gasteiger partial charge in [0.1, 0.15) is 5.82 Å². The van der Waals surface area contributed by atoms with Crippen LogP contribution in [0.5, 0.6) is 0 Å². The molecule has 1 atom stereocenters. The lowest BCUT2D eigenvalue weighted by Crippen LogP contribution is -2.33. The summed E-state index contributed by atoms with van der Waals surface area (Å²) in [4.78, 5) is 29.1. The van der Waals surface area contributed by atoms with E-state index in [1.807, 2.05) is 11.0 Å². The fourth-order valence-electron chi connectivity index (χ4n) is 3.86. The third-order valence-electron chi connectivity index (χ3n) is 5.44. The zero-order valence-corrected chi connectivity index (χ0v) is 16.0. The Morgan fingerprint density at radius 3 is 2.67 bits per heavy atom. The molecule has 0 radical (unpaired) electrons. The summed E-state index contributed by atoms with van der Waals surface area (Å²) in [6.07, 6.45) is 4.52. The Hall–Kier alpha value is -2.21. The maximum absolute atomic E-state index is 13.0. The van der Waals surface area contributed by atoms with E-state index in [1.165, 1.54) is 17.0 Å². The fraction of sp³-hybridized carbons (Fsp3) is 0.429. The number of hydrogen-bond acceptors (Lipinski definition) is 3. The highest BCUT2D eigenvalue weighted by atomic mass is 32.1. The molecule has 2 amide bonds. The Kier molecular flexibility index (Phi) is 5.25. The van der Waals surface area contributed by atoms with E-state index < -0.39 is 0 Å². The Bertz CT molecular complexity index is 840. The lowest BCUT2D eigenvalue weighted by atomic mass is 9.87. The van der Waals surface area contributed by atoms with Crippen molar-refractivity contribution in [1.29, 1.82) is 0 Å². The van der Waals surface area contributed by atoms with Gasteiger partial charge >= 0.3 is 0 Å². The van der Waals surface area contributed by atoms with E-state index in [4.69, 9.17) is 0 Å². The Balaban J connectivity index is 1.36. The molecule has 142 valence electrons. The summed E-state index contributed by atoms with van der Waals surface area (Å²) >= 11 is 1.60. The molecule has 27 heavy (non-hydrogen) atoms. The van der Waals surface area contributed by atoms with Gasteiger partial charge in [0.25, 0.3) is 5.91 Å². The average Bonchev–Trinajstić information content (AvgIpc) is 3.36. The number of benzene rings is 1. The van der Waals surface area contributed by atoms with Crippen LogP contribution in [-0.2, 0) is 24.2 Å². The van der Waals surface area contributed by atoms with Crippen molar-refractivity contribution in [3.8, 4) is 0 Å². The first-order valence-electron chi connectivity index (χ1n) is 9.53. The largest absolute Gasteiger partial charge is 0.352 e.